The van der Waals surface area contributed by atoms with Gasteiger partial charge in [0.15, 0.2) is 5.96 Å². The van der Waals surface area contributed by atoms with Crippen LogP contribution in [0, 0.1) is 5.92 Å². The van der Waals surface area contributed by atoms with Crippen LogP contribution in [0.2, 0.25) is 0 Å². The third-order valence-corrected chi connectivity index (χ3v) is 5.33. The van der Waals surface area contributed by atoms with Gasteiger partial charge in [-0.1, -0.05) is 6.07 Å². The molecule has 0 spiro atoms. The summed E-state index contributed by atoms with van der Waals surface area (Å²) in [7, 11) is 0. The van der Waals surface area contributed by atoms with Crippen molar-refractivity contribution in [3.05, 3.63) is 23.9 Å². The van der Waals surface area contributed by atoms with E-state index in [0.29, 0.717) is 13.2 Å². The minimum Gasteiger partial charge on any atom is -0.466 e. The van der Waals surface area contributed by atoms with Gasteiger partial charge < -0.3 is 24.6 Å². The number of morpholine rings is 1. The van der Waals surface area contributed by atoms with E-state index < -0.39 is 0 Å². The fourth-order valence-corrected chi connectivity index (χ4v) is 3.79. The predicted octanol–water partition coefficient (Wildman–Crippen LogP) is 2.28. The second kappa shape index (κ2) is 12.9. The van der Waals surface area contributed by atoms with E-state index in [0.717, 1.165) is 76.1 Å². The lowest BCUT2D eigenvalue weighted by Gasteiger charge is -2.33. The van der Waals surface area contributed by atoms with Gasteiger partial charge in [0.05, 0.1) is 32.3 Å². The third kappa shape index (κ3) is 6.69. The number of aromatic nitrogens is 1. The molecule has 0 saturated carbocycles. The van der Waals surface area contributed by atoms with E-state index >= 15 is 0 Å². The van der Waals surface area contributed by atoms with Crippen LogP contribution in [0.15, 0.2) is 23.3 Å². The number of anilines is 1. The number of halogens is 1. The number of carbonyl (C=O) groups is 1. The van der Waals surface area contributed by atoms with Gasteiger partial charge in [-0.2, -0.15) is 0 Å². The van der Waals surface area contributed by atoms with E-state index in [1.165, 1.54) is 0 Å². The Kier molecular flexibility index (Phi) is 10.6. The molecule has 2 aliphatic heterocycles. The lowest BCUT2D eigenvalue weighted by atomic mass is 9.97. The molecule has 1 aromatic rings. The number of likely N-dealkylation sites (tertiary alicyclic amines) is 1. The maximum absolute atomic E-state index is 12.0. The molecular formula is C21H34IN5O3. The first-order chi connectivity index (χ1) is 14.2. The molecule has 9 heteroatoms. The van der Waals surface area contributed by atoms with E-state index in [1.54, 1.807) is 0 Å². The van der Waals surface area contributed by atoms with Gasteiger partial charge >= 0.3 is 5.97 Å². The van der Waals surface area contributed by atoms with Gasteiger partial charge in [-0.05, 0) is 32.8 Å². The Morgan fingerprint density at radius 2 is 2.00 bits per heavy atom. The van der Waals surface area contributed by atoms with Crippen molar-refractivity contribution < 1.29 is 14.3 Å². The molecular weight excluding hydrogens is 497 g/mol. The van der Waals surface area contributed by atoms with Gasteiger partial charge in [0.2, 0.25) is 0 Å². The average molecular weight is 531 g/mol. The highest BCUT2D eigenvalue weighted by molar-refractivity contribution is 14.0. The van der Waals surface area contributed by atoms with Crippen molar-refractivity contribution in [3.8, 4) is 0 Å². The SMILES string of the molecule is CCNC(=NCc1cccnc1N1CCOCC1)N1CCC(C(=O)OCC)CC1.I. The quantitative estimate of drug-likeness (QED) is 0.261. The first-order valence-electron chi connectivity index (χ1n) is 10.7. The molecule has 1 aromatic heterocycles. The van der Waals surface area contributed by atoms with Gasteiger partial charge in [0.25, 0.3) is 0 Å². The molecule has 0 bridgehead atoms. The number of aliphatic imine (C=N–C) groups is 1. The summed E-state index contributed by atoms with van der Waals surface area (Å²) < 4.78 is 10.6. The highest BCUT2D eigenvalue weighted by Gasteiger charge is 2.27. The van der Waals surface area contributed by atoms with Crippen molar-refractivity contribution in [1.82, 2.24) is 15.2 Å². The van der Waals surface area contributed by atoms with Crippen LogP contribution in [-0.2, 0) is 20.8 Å². The van der Waals surface area contributed by atoms with Crippen molar-refractivity contribution in [2.45, 2.75) is 33.2 Å². The van der Waals surface area contributed by atoms with Gasteiger partial charge in [-0.25, -0.2) is 9.98 Å². The van der Waals surface area contributed by atoms with Crippen molar-refractivity contribution in [1.29, 1.82) is 0 Å². The van der Waals surface area contributed by atoms with Crippen molar-refractivity contribution in [2.75, 3.05) is 57.4 Å². The molecule has 1 N–H and O–H groups in total. The zero-order valence-corrected chi connectivity index (χ0v) is 20.3. The van der Waals surface area contributed by atoms with Crippen LogP contribution in [0.5, 0.6) is 0 Å². The zero-order chi connectivity index (χ0) is 20.5. The monoisotopic (exact) mass is 531 g/mol. The van der Waals surface area contributed by atoms with Crippen molar-refractivity contribution in [2.24, 2.45) is 10.9 Å². The van der Waals surface area contributed by atoms with E-state index in [4.69, 9.17) is 14.5 Å². The first kappa shape index (κ1) is 24.6. The number of hydrogen-bond donors (Lipinski definition) is 1. The highest BCUT2D eigenvalue weighted by Crippen LogP contribution is 2.21. The van der Waals surface area contributed by atoms with E-state index in [1.807, 2.05) is 19.2 Å². The molecule has 0 unspecified atom stereocenters. The highest BCUT2D eigenvalue weighted by atomic mass is 127. The van der Waals surface area contributed by atoms with E-state index in [2.05, 4.69) is 33.1 Å². The van der Waals surface area contributed by atoms with Gasteiger partial charge in [0, 0.05) is 44.5 Å². The second-order valence-corrected chi connectivity index (χ2v) is 7.27. The van der Waals surface area contributed by atoms with Crippen LogP contribution in [0.1, 0.15) is 32.3 Å². The lowest BCUT2D eigenvalue weighted by Crippen LogP contribution is -2.46. The molecule has 3 heterocycles. The van der Waals surface area contributed by atoms with Gasteiger partial charge in [-0.3, -0.25) is 4.79 Å². The van der Waals surface area contributed by atoms with Crippen LogP contribution < -0.4 is 10.2 Å². The summed E-state index contributed by atoms with van der Waals surface area (Å²) in [5.41, 5.74) is 1.12. The number of nitrogens with one attached hydrogen (secondary N) is 1. The van der Waals surface area contributed by atoms with Crippen LogP contribution in [-0.4, -0.2) is 74.4 Å². The number of nitrogens with zero attached hydrogens (tertiary/aromatic N) is 4. The summed E-state index contributed by atoms with van der Waals surface area (Å²) in [6.45, 7) is 10.5. The molecule has 8 nitrogen and oxygen atoms in total. The molecule has 168 valence electrons. The van der Waals surface area contributed by atoms with Gasteiger partial charge in [0.1, 0.15) is 5.82 Å². The number of piperidine rings is 1. The molecule has 0 radical (unpaired) electrons. The zero-order valence-electron chi connectivity index (χ0n) is 18.0. The number of guanidine groups is 1. The summed E-state index contributed by atoms with van der Waals surface area (Å²) in [6, 6.07) is 4.06. The van der Waals surface area contributed by atoms with Crippen LogP contribution >= 0.6 is 24.0 Å². The van der Waals surface area contributed by atoms with Crippen LogP contribution in [0.25, 0.3) is 0 Å². The Morgan fingerprint density at radius 3 is 2.67 bits per heavy atom. The average Bonchev–Trinajstić information content (AvgIpc) is 2.78. The summed E-state index contributed by atoms with van der Waals surface area (Å²) in [5.74, 6) is 1.82. The topological polar surface area (TPSA) is 79.3 Å². The van der Waals surface area contributed by atoms with E-state index in [-0.39, 0.29) is 35.9 Å². The number of carbonyl (C=O) groups excluding carboxylic acids is 1. The summed E-state index contributed by atoms with van der Waals surface area (Å²) >= 11 is 0. The lowest BCUT2D eigenvalue weighted by molar-refractivity contribution is -0.149. The van der Waals surface area contributed by atoms with E-state index in [9.17, 15) is 4.79 Å². The maximum Gasteiger partial charge on any atom is 0.309 e. The number of rotatable bonds is 6. The molecule has 0 atom stereocenters. The summed E-state index contributed by atoms with van der Waals surface area (Å²) in [6.07, 6.45) is 3.44. The smallest absolute Gasteiger partial charge is 0.309 e. The third-order valence-electron chi connectivity index (χ3n) is 5.33. The molecule has 2 saturated heterocycles. The van der Waals surface area contributed by atoms with Crippen LogP contribution in [0.4, 0.5) is 5.82 Å². The van der Waals surface area contributed by atoms with Crippen molar-refractivity contribution >= 4 is 41.7 Å². The molecule has 30 heavy (non-hydrogen) atoms. The van der Waals surface area contributed by atoms with Crippen LogP contribution in [0.3, 0.4) is 0 Å². The first-order valence-corrected chi connectivity index (χ1v) is 10.7. The molecule has 0 aliphatic carbocycles. The fraction of sp³-hybridized carbons (Fsp3) is 0.667. The standard InChI is InChI=1S/C21H33N5O3.HI/c1-3-22-21(26-10-7-17(8-11-26)20(27)29-4-2)24-16-18-6-5-9-23-19(18)25-12-14-28-15-13-25;/h5-6,9,17H,3-4,7-8,10-16H2,1-2H3,(H,22,24);1H. The number of esters is 1. The molecule has 3 rings (SSSR count). The Morgan fingerprint density at radius 1 is 1.27 bits per heavy atom. The number of ether oxygens (including phenoxy) is 2. The Labute approximate surface area is 196 Å². The Bertz CT molecular complexity index is 689. The summed E-state index contributed by atoms with van der Waals surface area (Å²) in [5, 5.41) is 3.40. The number of pyridine rings is 1. The second-order valence-electron chi connectivity index (χ2n) is 7.27. The minimum absolute atomic E-state index is 0. The normalized spacial score (nSPS) is 18.0. The molecule has 2 aliphatic rings. The van der Waals surface area contributed by atoms with Gasteiger partial charge in [-0.15, -0.1) is 24.0 Å². The number of hydrogen-bond acceptors (Lipinski definition) is 6. The molecule has 0 amide bonds. The predicted molar refractivity (Wildman–Crippen MR) is 128 cm³/mol. The molecule has 0 aromatic carbocycles. The van der Waals surface area contributed by atoms with Crippen molar-refractivity contribution in [3.63, 3.8) is 0 Å². The molecule has 2 fully saturated rings. The maximum atomic E-state index is 12.0. The minimum atomic E-state index is -0.0698. The fourth-order valence-electron chi connectivity index (χ4n) is 3.79. The summed E-state index contributed by atoms with van der Waals surface area (Å²) in [4.78, 5) is 26.0. The Hall–Kier alpha value is -1.62. The largest absolute Gasteiger partial charge is 0.466 e. The Balaban J connectivity index is 0.00000320.